The third-order valence-corrected chi connectivity index (χ3v) is 10.7. The average Bonchev–Trinajstić information content (AvgIpc) is 3.12. The Balaban J connectivity index is 1.93. The molecule has 8 N–H and O–H groups in total. The van der Waals surface area contributed by atoms with E-state index in [1.807, 2.05) is 4.98 Å². The number of rotatable bonds is 16. The van der Waals surface area contributed by atoms with E-state index in [1.54, 1.807) is 0 Å². The van der Waals surface area contributed by atoms with Crippen molar-refractivity contribution in [1.82, 2.24) is 9.55 Å². The van der Waals surface area contributed by atoms with Gasteiger partial charge in [0.05, 0.1) is 19.3 Å². The Labute approximate surface area is 220 Å². The van der Waals surface area contributed by atoms with Gasteiger partial charge in [-0.3, -0.25) is 23.4 Å². The van der Waals surface area contributed by atoms with E-state index in [-0.39, 0.29) is 18.4 Å². The molecule has 0 amide bonds. The van der Waals surface area contributed by atoms with Gasteiger partial charge in [-0.05, 0) is 32.7 Å². The first kappa shape index (κ1) is 34.3. The van der Waals surface area contributed by atoms with Crippen LogP contribution in [0.5, 0.6) is 0 Å². The van der Waals surface area contributed by atoms with Gasteiger partial charge in [0.2, 0.25) is 0 Å². The van der Waals surface area contributed by atoms with Crippen LogP contribution in [0.1, 0.15) is 37.5 Å². The number of nitrogens with two attached hydrogens (primary N) is 1. The van der Waals surface area contributed by atoms with Gasteiger partial charge in [0.15, 0.2) is 0 Å². The molecule has 7 atom stereocenters. The number of ether oxygens (including phenoxy) is 1. The highest BCUT2D eigenvalue weighted by Gasteiger charge is 2.46. The number of unbranched alkanes of at least 4 members (excludes halogenated alkanes) is 2. The Morgan fingerprint density at radius 2 is 1.54 bits per heavy atom. The number of H-pyrrole nitrogens is 1. The number of aliphatic hydroxyl groups is 1. The highest BCUT2D eigenvalue weighted by atomic mass is 31.3. The molecule has 0 aromatic carbocycles. The molecule has 1 aliphatic rings. The Bertz CT molecular complexity index is 1300. The van der Waals surface area contributed by atoms with E-state index in [1.165, 1.54) is 6.92 Å². The largest absolute Gasteiger partial charge is 0.490 e. The van der Waals surface area contributed by atoms with Crippen molar-refractivity contribution in [3.8, 4) is 0 Å². The van der Waals surface area contributed by atoms with Gasteiger partial charge in [-0.25, -0.2) is 23.1 Å². The smallest absolute Gasteiger partial charge is 0.390 e. The van der Waals surface area contributed by atoms with Crippen LogP contribution >= 0.6 is 31.3 Å². The summed E-state index contributed by atoms with van der Waals surface area (Å²) in [7, 11) is -22.7. The number of nitrogens with zero attached hydrogens (tertiary/aromatic N) is 1. The van der Waals surface area contributed by atoms with Gasteiger partial charge >= 0.3 is 37.0 Å². The summed E-state index contributed by atoms with van der Waals surface area (Å²) < 4.78 is 74.4. The second-order valence-electron chi connectivity index (χ2n) is 8.01. The molecular weight excluding hydrogens is 618 g/mol. The zero-order valence-corrected chi connectivity index (χ0v) is 23.8. The summed E-state index contributed by atoms with van der Waals surface area (Å²) in [5.41, 5.74) is 3.92. The lowest BCUT2D eigenvalue weighted by Crippen LogP contribution is -2.33. The lowest BCUT2D eigenvalue weighted by atomic mass is 10.2. The fraction of sp³-hybridized carbons (Fsp3) is 0.733. The van der Waals surface area contributed by atoms with Gasteiger partial charge in [0.1, 0.15) is 12.3 Å². The lowest BCUT2D eigenvalue weighted by molar-refractivity contribution is -0.0450. The Morgan fingerprint density at radius 3 is 2.13 bits per heavy atom. The van der Waals surface area contributed by atoms with Gasteiger partial charge in [-0.15, -0.1) is 0 Å². The Kier molecular flexibility index (Phi) is 12.2. The number of nitrogens with one attached hydrogen (secondary N) is 1. The number of phosphoric acid groups is 4. The van der Waals surface area contributed by atoms with Crippen LogP contribution in [0.2, 0.25) is 0 Å². The fourth-order valence-electron chi connectivity index (χ4n) is 3.07. The molecule has 1 aromatic heterocycles. The highest BCUT2D eigenvalue weighted by Crippen LogP contribution is 2.71. The summed E-state index contributed by atoms with van der Waals surface area (Å²) in [6.45, 7) is 0.388. The summed E-state index contributed by atoms with van der Waals surface area (Å²) >= 11 is 0. The Hall–Kier alpha value is -0.880. The molecule has 1 aromatic rings. The summed E-state index contributed by atoms with van der Waals surface area (Å²) in [6, 6.07) is 0. The molecule has 20 nitrogen and oxygen atoms in total. The molecule has 0 saturated carbocycles. The maximum Gasteiger partial charge on any atom is 0.490 e. The Morgan fingerprint density at radius 1 is 0.974 bits per heavy atom. The molecule has 1 fully saturated rings. The third kappa shape index (κ3) is 11.5. The molecule has 0 spiro atoms. The third-order valence-electron chi connectivity index (χ3n) is 4.78. The first-order chi connectivity index (χ1) is 17.9. The van der Waals surface area contributed by atoms with Gasteiger partial charge < -0.3 is 35.2 Å². The van der Waals surface area contributed by atoms with Crippen molar-refractivity contribution in [2.24, 2.45) is 5.73 Å². The summed E-state index contributed by atoms with van der Waals surface area (Å²) in [5.74, 6) is 0. The van der Waals surface area contributed by atoms with E-state index in [0.717, 1.165) is 10.8 Å². The normalized spacial score (nSPS) is 25.9. The molecule has 24 heteroatoms. The number of aryl methyl sites for hydroxylation is 1. The van der Waals surface area contributed by atoms with Crippen LogP contribution < -0.4 is 17.0 Å². The number of aliphatic hydroxyl groups excluding tert-OH is 1. The minimum atomic E-state index is -5.98. The maximum atomic E-state index is 12.1. The van der Waals surface area contributed by atoms with Crippen molar-refractivity contribution in [3.63, 3.8) is 0 Å². The van der Waals surface area contributed by atoms with Crippen molar-refractivity contribution in [2.45, 2.75) is 51.0 Å². The molecule has 1 aliphatic heterocycles. The number of aromatic amines is 1. The van der Waals surface area contributed by atoms with Crippen molar-refractivity contribution in [3.05, 3.63) is 32.6 Å². The van der Waals surface area contributed by atoms with Crippen LogP contribution in [0.25, 0.3) is 0 Å². The molecule has 1 saturated heterocycles. The second kappa shape index (κ2) is 13.9. The van der Waals surface area contributed by atoms with Crippen LogP contribution in [0.15, 0.2) is 15.8 Å². The van der Waals surface area contributed by atoms with Gasteiger partial charge in [-0.2, -0.15) is 12.9 Å². The van der Waals surface area contributed by atoms with E-state index < -0.39 is 74.2 Å². The number of phosphoric ester groups is 2. The molecular formula is C15H29N3O17P4. The summed E-state index contributed by atoms with van der Waals surface area (Å²) in [5, 5.41) is 10.1. The zero-order chi connectivity index (χ0) is 29.6. The maximum absolute atomic E-state index is 12.1. The van der Waals surface area contributed by atoms with E-state index in [0.29, 0.717) is 19.4 Å². The van der Waals surface area contributed by atoms with Crippen LogP contribution in [-0.2, 0) is 45.0 Å². The highest BCUT2D eigenvalue weighted by molar-refractivity contribution is 7.69. The first-order valence-electron chi connectivity index (χ1n) is 11.0. The molecule has 0 aliphatic carbocycles. The van der Waals surface area contributed by atoms with Gasteiger partial charge in [-0.1, -0.05) is 0 Å². The summed E-state index contributed by atoms with van der Waals surface area (Å²) in [4.78, 5) is 63.8. The van der Waals surface area contributed by atoms with Crippen LogP contribution in [0, 0.1) is 6.92 Å². The number of hydrogen-bond acceptors (Lipinski definition) is 14. The molecule has 2 rings (SSSR count). The molecule has 226 valence electrons. The van der Waals surface area contributed by atoms with Crippen molar-refractivity contribution in [2.75, 3.05) is 19.8 Å². The number of aromatic nitrogens is 2. The fourth-order valence-corrected chi connectivity index (χ4v) is 8.05. The monoisotopic (exact) mass is 647 g/mol. The van der Waals surface area contributed by atoms with Crippen LogP contribution in [-0.4, -0.2) is 66.2 Å². The quantitative estimate of drug-likeness (QED) is 0.0924. The first-order valence-corrected chi connectivity index (χ1v) is 16.9. The van der Waals surface area contributed by atoms with E-state index in [9.17, 15) is 52.5 Å². The van der Waals surface area contributed by atoms with Crippen molar-refractivity contribution >= 4 is 31.3 Å². The van der Waals surface area contributed by atoms with E-state index in [2.05, 4.69) is 22.0 Å². The van der Waals surface area contributed by atoms with Crippen molar-refractivity contribution < 1.29 is 69.7 Å². The minimum Gasteiger partial charge on any atom is -0.390 e. The van der Waals surface area contributed by atoms with E-state index >= 15 is 0 Å². The molecule has 2 heterocycles. The predicted molar refractivity (Wildman–Crippen MR) is 128 cm³/mol. The predicted octanol–water partition coefficient (Wildman–Crippen LogP) is 0.107. The zero-order valence-electron chi connectivity index (χ0n) is 20.2. The molecule has 0 bridgehead atoms. The van der Waals surface area contributed by atoms with Crippen LogP contribution in [0.3, 0.4) is 0 Å². The van der Waals surface area contributed by atoms with Gasteiger partial charge in [0.25, 0.3) is 5.56 Å². The SMILES string of the molecule is Cc1cn([C@H]2C[C@@H](O)C(COP(=O)(O)OP(=O)(O)OP(=O)(O)OP(=O)(O)OCCCCCN)O2)c(=O)[nH]c1=O. The standard InChI is InChI=1S/C15H29N3O17P4/c1-10-8-18(15(21)17-14(10)20)13-7-11(19)12(32-13)9-31-37(24,25)34-39(28,29)35-38(26,27)33-36(22,23)30-6-4-2-3-5-16/h8,11-13,19H,2-7,9,16H2,1H3,(H,22,23)(H,24,25)(H,26,27)(H,28,29)(H,17,20,21)/t11-,12?,13-/m1/s1. The molecule has 0 radical (unpaired) electrons. The van der Waals surface area contributed by atoms with Gasteiger partial charge in [0, 0.05) is 18.2 Å². The average molecular weight is 647 g/mol. The van der Waals surface area contributed by atoms with Crippen LogP contribution in [0.4, 0.5) is 0 Å². The number of hydrogen-bond donors (Lipinski definition) is 7. The molecule has 5 unspecified atom stereocenters. The lowest BCUT2D eigenvalue weighted by Gasteiger charge is -2.21. The summed E-state index contributed by atoms with van der Waals surface area (Å²) in [6.07, 6.45) is -1.68. The molecule has 39 heavy (non-hydrogen) atoms. The second-order valence-corrected chi connectivity index (χ2v) is 14.2. The van der Waals surface area contributed by atoms with Crippen molar-refractivity contribution in [1.29, 1.82) is 0 Å². The topological polar surface area (TPSA) is 306 Å². The van der Waals surface area contributed by atoms with E-state index in [4.69, 9.17) is 10.5 Å². The minimum absolute atomic E-state index is 0.149.